The van der Waals surface area contributed by atoms with Crippen molar-refractivity contribution in [2.45, 2.75) is 51.0 Å². The number of hydrogen-bond donors (Lipinski definition) is 0. The van der Waals surface area contributed by atoms with E-state index in [0.717, 1.165) is 57.2 Å². The summed E-state index contributed by atoms with van der Waals surface area (Å²) in [6.45, 7) is 1.68. The van der Waals surface area contributed by atoms with Crippen LogP contribution in [0.25, 0.3) is 5.57 Å². The Hall–Kier alpha value is -2.30. The van der Waals surface area contributed by atoms with Crippen LogP contribution in [0.5, 0.6) is 5.75 Å². The van der Waals surface area contributed by atoms with E-state index in [2.05, 4.69) is 4.90 Å². The van der Waals surface area contributed by atoms with Crippen LogP contribution in [0.15, 0.2) is 30.0 Å². The predicted molar refractivity (Wildman–Crippen MR) is 99.4 cm³/mol. The van der Waals surface area contributed by atoms with Crippen molar-refractivity contribution in [2.24, 2.45) is 0 Å². The van der Waals surface area contributed by atoms with Crippen molar-refractivity contribution in [2.75, 3.05) is 20.2 Å². The quantitative estimate of drug-likeness (QED) is 0.779. The lowest BCUT2D eigenvalue weighted by Gasteiger charge is -2.30. The summed E-state index contributed by atoms with van der Waals surface area (Å²) >= 11 is 0. The Balaban J connectivity index is 1.80. The highest BCUT2D eigenvalue weighted by atomic mass is 16.5. The molecule has 138 valence electrons. The van der Waals surface area contributed by atoms with Crippen LogP contribution in [-0.4, -0.2) is 47.9 Å². The number of rotatable bonds is 4. The van der Waals surface area contributed by atoms with Gasteiger partial charge < -0.3 is 9.64 Å². The highest BCUT2D eigenvalue weighted by Gasteiger charge is 2.45. The second-order valence-electron chi connectivity index (χ2n) is 7.39. The van der Waals surface area contributed by atoms with Gasteiger partial charge in [-0.15, -0.1) is 0 Å². The Morgan fingerprint density at radius 3 is 2.31 bits per heavy atom. The Morgan fingerprint density at radius 2 is 1.62 bits per heavy atom. The molecule has 1 saturated carbocycles. The van der Waals surface area contributed by atoms with Crippen molar-refractivity contribution < 1.29 is 14.3 Å². The standard InChI is InChI=1S/C21H26N2O3/c1-26-17-12-6-5-11-16(17)18-19(22-13-7-8-14-22)21(25)23(20(18)24)15-9-3-2-4-10-15/h5-6,11-12,15H,2-4,7-10,13-14H2,1H3. The summed E-state index contributed by atoms with van der Waals surface area (Å²) in [6, 6.07) is 7.56. The second kappa shape index (κ2) is 7.14. The zero-order valence-corrected chi connectivity index (χ0v) is 15.4. The number of methoxy groups -OCH3 is 1. The first-order valence-electron chi connectivity index (χ1n) is 9.73. The van der Waals surface area contributed by atoms with Crippen LogP contribution >= 0.6 is 0 Å². The van der Waals surface area contributed by atoms with Gasteiger partial charge >= 0.3 is 0 Å². The highest BCUT2D eigenvalue weighted by Crippen LogP contribution is 2.39. The fraction of sp³-hybridized carbons (Fsp3) is 0.524. The van der Waals surface area contributed by atoms with Gasteiger partial charge in [0.05, 0.1) is 12.7 Å². The van der Waals surface area contributed by atoms with Gasteiger partial charge in [0.1, 0.15) is 11.4 Å². The van der Waals surface area contributed by atoms with E-state index in [4.69, 9.17) is 4.74 Å². The number of benzene rings is 1. The van der Waals surface area contributed by atoms with Gasteiger partial charge in [-0.05, 0) is 31.7 Å². The number of para-hydroxylation sites is 1. The number of hydrogen-bond acceptors (Lipinski definition) is 4. The smallest absolute Gasteiger partial charge is 0.278 e. The average Bonchev–Trinajstić information content (AvgIpc) is 3.28. The average molecular weight is 354 g/mol. The number of ether oxygens (including phenoxy) is 1. The van der Waals surface area contributed by atoms with Crippen LogP contribution in [-0.2, 0) is 9.59 Å². The van der Waals surface area contributed by atoms with E-state index in [1.807, 2.05) is 24.3 Å². The molecule has 0 N–H and O–H groups in total. The highest BCUT2D eigenvalue weighted by molar-refractivity contribution is 6.36. The van der Waals surface area contributed by atoms with Crippen LogP contribution in [0, 0.1) is 0 Å². The molecule has 1 saturated heterocycles. The third kappa shape index (κ3) is 2.79. The number of carbonyl (C=O) groups excluding carboxylic acids is 2. The molecule has 4 rings (SSSR count). The summed E-state index contributed by atoms with van der Waals surface area (Å²) in [7, 11) is 1.61. The summed E-state index contributed by atoms with van der Waals surface area (Å²) < 4.78 is 5.50. The van der Waals surface area contributed by atoms with E-state index in [1.54, 1.807) is 12.0 Å². The van der Waals surface area contributed by atoms with E-state index in [9.17, 15) is 9.59 Å². The van der Waals surface area contributed by atoms with Crippen molar-refractivity contribution in [3.63, 3.8) is 0 Å². The van der Waals surface area contributed by atoms with Gasteiger partial charge in [-0.3, -0.25) is 14.5 Å². The first kappa shape index (κ1) is 17.1. The predicted octanol–water partition coefficient (Wildman–Crippen LogP) is 3.20. The van der Waals surface area contributed by atoms with Gasteiger partial charge in [0.15, 0.2) is 0 Å². The van der Waals surface area contributed by atoms with Crippen LogP contribution in [0.4, 0.5) is 0 Å². The Morgan fingerprint density at radius 1 is 0.923 bits per heavy atom. The molecule has 2 heterocycles. The van der Waals surface area contributed by atoms with E-state index in [1.165, 1.54) is 6.42 Å². The maximum absolute atomic E-state index is 13.4. The summed E-state index contributed by atoms with van der Waals surface area (Å²) in [4.78, 5) is 30.4. The van der Waals surface area contributed by atoms with Gasteiger partial charge in [-0.2, -0.15) is 0 Å². The normalized spacial score (nSPS) is 21.9. The third-order valence-corrected chi connectivity index (χ3v) is 5.83. The van der Waals surface area contributed by atoms with Crippen LogP contribution in [0.2, 0.25) is 0 Å². The Kier molecular flexibility index (Phi) is 4.70. The first-order chi connectivity index (χ1) is 12.7. The number of amides is 2. The number of carbonyl (C=O) groups is 2. The van der Waals surface area contributed by atoms with Gasteiger partial charge in [0, 0.05) is 24.7 Å². The monoisotopic (exact) mass is 354 g/mol. The summed E-state index contributed by atoms with van der Waals surface area (Å²) in [5.74, 6) is 0.392. The fourth-order valence-electron chi connectivity index (χ4n) is 4.53. The molecule has 0 spiro atoms. The minimum Gasteiger partial charge on any atom is -0.496 e. The maximum Gasteiger partial charge on any atom is 0.278 e. The van der Waals surface area contributed by atoms with Gasteiger partial charge in [-0.1, -0.05) is 37.5 Å². The van der Waals surface area contributed by atoms with Gasteiger partial charge in [-0.25, -0.2) is 0 Å². The largest absolute Gasteiger partial charge is 0.496 e. The first-order valence-corrected chi connectivity index (χ1v) is 9.73. The molecule has 1 aromatic carbocycles. The molecule has 0 unspecified atom stereocenters. The zero-order valence-electron chi connectivity index (χ0n) is 15.4. The molecule has 3 aliphatic rings. The third-order valence-electron chi connectivity index (χ3n) is 5.83. The molecule has 1 aromatic rings. The minimum atomic E-state index is -0.145. The molecule has 0 radical (unpaired) electrons. The molecule has 2 fully saturated rings. The minimum absolute atomic E-state index is 0.0357. The lowest BCUT2D eigenvalue weighted by molar-refractivity contribution is -0.140. The van der Waals surface area contributed by atoms with Crippen molar-refractivity contribution >= 4 is 17.4 Å². The molecule has 0 aromatic heterocycles. The van der Waals surface area contributed by atoms with Crippen LogP contribution < -0.4 is 4.74 Å². The van der Waals surface area contributed by atoms with Crippen molar-refractivity contribution in [1.82, 2.24) is 9.80 Å². The van der Waals surface area contributed by atoms with Crippen molar-refractivity contribution in [3.8, 4) is 5.75 Å². The molecule has 2 aliphatic heterocycles. The molecule has 2 amide bonds. The molecular weight excluding hydrogens is 328 g/mol. The van der Waals surface area contributed by atoms with Gasteiger partial charge in [0.2, 0.25) is 0 Å². The summed E-state index contributed by atoms with van der Waals surface area (Å²) in [5, 5.41) is 0. The number of imide groups is 1. The second-order valence-corrected chi connectivity index (χ2v) is 7.39. The van der Waals surface area contributed by atoms with E-state index in [-0.39, 0.29) is 17.9 Å². The SMILES string of the molecule is COc1ccccc1C1=C(N2CCCC2)C(=O)N(C2CCCCC2)C1=O. The summed E-state index contributed by atoms with van der Waals surface area (Å²) in [5.41, 5.74) is 1.84. The van der Waals surface area contributed by atoms with E-state index < -0.39 is 0 Å². The molecular formula is C21H26N2O3. The number of nitrogens with zero attached hydrogens (tertiary/aromatic N) is 2. The summed E-state index contributed by atoms with van der Waals surface area (Å²) in [6.07, 6.45) is 7.34. The molecule has 5 heteroatoms. The molecule has 1 aliphatic carbocycles. The molecule has 5 nitrogen and oxygen atoms in total. The molecule has 0 atom stereocenters. The van der Waals surface area contributed by atoms with E-state index >= 15 is 0 Å². The van der Waals surface area contributed by atoms with Gasteiger partial charge in [0.25, 0.3) is 11.8 Å². The van der Waals surface area contributed by atoms with Crippen LogP contribution in [0.3, 0.4) is 0 Å². The van der Waals surface area contributed by atoms with Crippen molar-refractivity contribution in [3.05, 3.63) is 35.5 Å². The lowest BCUT2D eigenvalue weighted by atomic mass is 9.94. The molecule has 26 heavy (non-hydrogen) atoms. The maximum atomic E-state index is 13.4. The molecule has 0 bridgehead atoms. The zero-order chi connectivity index (χ0) is 18.1. The Bertz CT molecular complexity index is 743. The lowest BCUT2D eigenvalue weighted by Crippen LogP contribution is -2.43. The fourth-order valence-corrected chi connectivity index (χ4v) is 4.53. The number of likely N-dealkylation sites (tertiary alicyclic amines) is 1. The van der Waals surface area contributed by atoms with Crippen molar-refractivity contribution in [1.29, 1.82) is 0 Å². The topological polar surface area (TPSA) is 49.9 Å². The van der Waals surface area contributed by atoms with Crippen LogP contribution in [0.1, 0.15) is 50.5 Å². The Labute approximate surface area is 154 Å². The van der Waals surface area contributed by atoms with E-state index in [0.29, 0.717) is 17.0 Å².